The smallest absolute Gasteiger partial charge is 0.000934 e. The van der Waals surface area contributed by atoms with Gasteiger partial charge in [0.15, 0.2) is 0 Å². The molecule has 16 heavy (non-hydrogen) atoms. The van der Waals surface area contributed by atoms with Gasteiger partial charge in [-0.3, -0.25) is 0 Å². The van der Waals surface area contributed by atoms with Gasteiger partial charge in [0.05, 0.1) is 0 Å². The number of hydrogen-bond donors (Lipinski definition) is 1. The zero-order valence-corrected chi connectivity index (χ0v) is 12.1. The molecule has 0 aromatic rings. The Morgan fingerprint density at radius 2 is 1.69 bits per heavy atom. The molecule has 0 aromatic heterocycles. The van der Waals surface area contributed by atoms with Crippen molar-refractivity contribution in [1.82, 2.24) is 4.90 Å². The van der Waals surface area contributed by atoms with Crippen molar-refractivity contribution >= 4 is 0 Å². The van der Waals surface area contributed by atoms with Gasteiger partial charge < -0.3 is 10.6 Å². The highest BCUT2D eigenvalue weighted by atomic mass is 15.1. The highest BCUT2D eigenvalue weighted by molar-refractivity contribution is 4.72. The van der Waals surface area contributed by atoms with Crippen molar-refractivity contribution in [2.24, 2.45) is 17.1 Å². The molecule has 0 atom stereocenters. The topological polar surface area (TPSA) is 29.3 Å². The van der Waals surface area contributed by atoms with E-state index in [4.69, 9.17) is 5.73 Å². The predicted molar refractivity (Wildman–Crippen MR) is 73.6 cm³/mol. The molecule has 0 aliphatic carbocycles. The van der Waals surface area contributed by atoms with Crippen LogP contribution in [0.5, 0.6) is 0 Å². The van der Waals surface area contributed by atoms with Gasteiger partial charge in [0.1, 0.15) is 0 Å². The van der Waals surface area contributed by atoms with Gasteiger partial charge in [-0.2, -0.15) is 0 Å². The molecule has 98 valence electrons. The summed E-state index contributed by atoms with van der Waals surface area (Å²) in [5, 5.41) is 0. The highest BCUT2D eigenvalue weighted by Gasteiger charge is 2.17. The van der Waals surface area contributed by atoms with Gasteiger partial charge in [-0.05, 0) is 37.4 Å². The summed E-state index contributed by atoms with van der Waals surface area (Å²) in [6, 6.07) is 0. The van der Waals surface area contributed by atoms with Gasteiger partial charge in [-0.25, -0.2) is 0 Å². The Labute approximate surface area is 103 Å². The predicted octanol–water partition coefficient (Wildman–Crippen LogP) is 3.12. The largest absolute Gasteiger partial charge is 0.330 e. The fourth-order valence-electron chi connectivity index (χ4n) is 1.85. The third-order valence-corrected chi connectivity index (χ3v) is 3.78. The summed E-state index contributed by atoms with van der Waals surface area (Å²) in [5.41, 5.74) is 6.06. The lowest BCUT2D eigenvalue weighted by atomic mass is 9.89. The van der Waals surface area contributed by atoms with Crippen molar-refractivity contribution < 1.29 is 0 Å². The molecule has 0 bridgehead atoms. The van der Waals surface area contributed by atoms with E-state index < -0.39 is 0 Å². The fourth-order valence-corrected chi connectivity index (χ4v) is 1.85. The van der Waals surface area contributed by atoms with Crippen LogP contribution in [0.2, 0.25) is 0 Å². The molecular formula is C14H32N2. The summed E-state index contributed by atoms with van der Waals surface area (Å²) in [5.74, 6) is 0.862. The Morgan fingerprint density at radius 1 is 1.12 bits per heavy atom. The minimum Gasteiger partial charge on any atom is -0.330 e. The molecular weight excluding hydrogens is 196 g/mol. The zero-order valence-electron chi connectivity index (χ0n) is 12.1. The minimum atomic E-state index is 0.293. The lowest BCUT2D eigenvalue weighted by Gasteiger charge is -2.29. The van der Waals surface area contributed by atoms with Gasteiger partial charge in [0.2, 0.25) is 0 Å². The Balaban J connectivity index is 4.00. The quantitative estimate of drug-likeness (QED) is 0.657. The van der Waals surface area contributed by atoms with E-state index in [0.29, 0.717) is 5.41 Å². The second-order valence-electron chi connectivity index (χ2n) is 5.69. The Morgan fingerprint density at radius 3 is 2.06 bits per heavy atom. The summed E-state index contributed by atoms with van der Waals surface area (Å²) >= 11 is 0. The van der Waals surface area contributed by atoms with Crippen LogP contribution in [-0.2, 0) is 0 Å². The van der Waals surface area contributed by atoms with E-state index in [1.54, 1.807) is 0 Å². The van der Waals surface area contributed by atoms with Gasteiger partial charge >= 0.3 is 0 Å². The first-order chi connectivity index (χ1) is 7.49. The molecule has 0 spiro atoms. The molecule has 0 radical (unpaired) electrons. The molecule has 0 aromatic carbocycles. The number of nitrogens with zero attached hydrogens (tertiary/aromatic N) is 1. The molecule has 0 aliphatic rings. The van der Waals surface area contributed by atoms with Crippen molar-refractivity contribution in [2.75, 3.05) is 26.2 Å². The summed E-state index contributed by atoms with van der Waals surface area (Å²) < 4.78 is 0. The summed E-state index contributed by atoms with van der Waals surface area (Å²) in [6.45, 7) is 15.8. The zero-order chi connectivity index (χ0) is 12.6. The molecule has 2 heteroatoms. The van der Waals surface area contributed by atoms with Gasteiger partial charge in [-0.15, -0.1) is 0 Å². The van der Waals surface area contributed by atoms with Crippen LogP contribution < -0.4 is 5.73 Å². The normalized spacial score (nSPS) is 12.8. The summed E-state index contributed by atoms with van der Waals surface area (Å²) in [6.07, 6.45) is 3.80. The molecule has 2 nitrogen and oxygen atoms in total. The maximum atomic E-state index is 5.77. The third-order valence-electron chi connectivity index (χ3n) is 3.78. The van der Waals surface area contributed by atoms with E-state index in [1.807, 2.05) is 0 Å². The second-order valence-corrected chi connectivity index (χ2v) is 5.69. The van der Waals surface area contributed by atoms with E-state index in [9.17, 15) is 0 Å². The average Bonchev–Trinajstić information content (AvgIpc) is 2.29. The van der Waals surface area contributed by atoms with Crippen LogP contribution in [0.3, 0.4) is 0 Å². The van der Waals surface area contributed by atoms with Crippen molar-refractivity contribution in [3.05, 3.63) is 0 Å². The minimum absolute atomic E-state index is 0.293. The summed E-state index contributed by atoms with van der Waals surface area (Å²) in [7, 11) is 0. The Bertz CT molecular complexity index is 162. The first-order valence-electron chi connectivity index (χ1n) is 6.91. The van der Waals surface area contributed by atoms with E-state index >= 15 is 0 Å². The van der Waals surface area contributed by atoms with E-state index in [0.717, 1.165) is 19.0 Å². The lowest BCUT2D eigenvalue weighted by molar-refractivity contribution is 0.197. The van der Waals surface area contributed by atoms with E-state index in [-0.39, 0.29) is 0 Å². The SMILES string of the molecule is CCC(CC)CN(CC)CCC(C)(C)CN. The molecule has 0 unspecified atom stereocenters. The van der Waals surface area contributed by atoms with E-state index in [1.165, 1.54) is 32.4 Å². The Kier molecular flexibility index (Phi) is 8.04. The van der Waals surface area contributed by atoms with Crippen molar-refractivity contribution in [3.8, 4) is 0 Å². The first kappa shape index (κ1) is 15.9. The van der Waals surface area contributed by atoms with Crippen LogP contribution in [0.4, 0.5) is 0 Å². The maximum absolute atomic E-state index is 5.77. The second kappa shape index (κ2) is 8.08. The Hall–Kier alpha value is -0.0800. The molecule has 0 amide bonds. The van der Waals surface area contributed by atoms with Crippen LogP contribution in [0.25, 0.3) is 0 Å². The monoisotopic (exact) mass is 228 g/mol. The molecule has 0 saturated heterocycles. The van der Waals surface area contributed by atoms with Gasteiger partial charge in [0, 0.05) is 6.54 Å². The van der Waals surface area contributed by atoms with Crippen LogP contribution in [0.15, 0.2) is 0 Å². The van der Waals surface area contributed by atoms with Crippen molar-refractivity contribution in [3.63, 3.8) is 0 Å². The van der Waals surface area contributed by atoms with Crippen molar-refractivity contribution in [2.45, 2.75) is 53.9 Å². The third kappa shape index (κ3) is 6.49. The average molecular weight is 228 g/mol. The lowest BCUT2D eigenvalue weighted by Crippen LogP contribution is -2.34. The molecule has 0 rings (SSSR count). The fraction of sp³-hybridized carbons (Fsp3) is 1.00. The highest BCUT2D eigenvalue weighted by Crippen LogP contribution is 2.19. The summed E-state index contributed by atoms with van der Waals surface area (Å²) in [4.78, 5) is 2.58. The number of nitrogens with two attached hydrogens (primary N) is 1. The number of rotatable bonds is 9. The van der Waals surface area contributed by atoms with Gasteiger partial charge in [-0.1, -0.05) is 47.5 Å². The molecule has 0 saturated carbocycles. The van der Waals surface area contributed by atoms with Crippen molar-refractivity contribution in [1.29, 1.82) is 0 Å². The van der Waals surface area contributed by atoms with Crippen LogP contribution >= 0.6 is 0 Å². The molecule has 0 heterocycles. The van der Waals surface area contributed by atoms with Crippen LogP contribution in [0.1, 0.15) is 53.9 Å². The standard InChI is InChI=1S/C14H32N2/c1-6-13(7-2)11-16(8-3)10-9-14(4,5)12-15/h13H,6-12,15H2,1-5H3. The van der Waals surface area contributed by atoms with E-state index in [2.05, 4.69) is 39.5 Å². The molecule has 0 aliphatic heterocycles. The molecule has 0 fully saturated rings. The number of hydrogen-bond acceptors (Lipinski definition) is 2. The maximum Gasteiger partial charge on any atom is 0.000934 e. The first-order valence-corrected chi connectivity index (χ1v) is 6.91. The van der Waals surface area contributed by atoms with Gasteiger partial charge in [0.25, 0.3) is 0 Å². The molecule has 2 N–H and O–H groups in total. The van der Waals surface area contributed by atoms with Crippen LogP contribution in [0, 0.1) is 11.3 Å². The van der Waals surface area contributed by atoms with Crippen LogP contribution in [-0.4, -0.2) is 31.1 Å².